The van der Waals surface area contributed by atoms with Gasteiger partial charge in [0.05, 0.1) is 12.1 Å². The minimum absolute atomic E-state index is 0.0274. The van der Waals surface area contributed by atoms with E-state index in [-0.39, 0.29) is 11.9 Å². The lowest BCUT2D eigenvalue weighted by Crippen LogP contribution is -2.43. The van der Waals surface area contributed by atoms with E-state index >= 15 is 0 Å². The Labute approximate surface area is 119 Å². The zero-order chi connectivity index (χ0) is 13.8. The number of nitrogens with two attached hydrogens (primary N) is 1. The minimum atomic E-state index is -0.401. The fourth-order valence-corrected chi connectivity index (χ4v) is 3.51. The highest BCUT2D eigenvalue weighted by molar-refractivity contribution is 7.99. The summed E-state index contributed by atoms with van der Waals surface area (Å²) >= 11 is 1.86. The topological polar surface area (TPSA) is 55.1 Å². The van der Waals surface area contributed by atoms with Crippen LogP contribution in [0.3, 0.4) is 0 Å². The molecular formula is C15H22N2OS. The molecule has 1 heterocycles. The molecule has 0 bridgehead atoms. The lowest BCUT2D eigenvalue weighted by Gasteiger charge is -2.27. The number of benzene rings is 1. The molecule has 3 nitrogen and oxygen atoms in total. The molecule has 1 aliphatic rings. The first-order valence-electron chi connectivity index (χ1n) is 6.85. The van der Waals surface area contributed by atoms with Crippen LogP contribution < -0.4 is 11.1 Å². The van der Waals surface area contributed by atoms with Gasteiger partial charge < -0.3 is 11.1 Å². The van der Waals surface area contributed by atoms with E-state index in [9.17, 15) is 4.79 Å². The zero-order valence-electron chi connectivity index (χ0n) is 11.6. The number of hydrogen-bond acceptors (Lipinski definition) is 3. The van der Waals surface area contributed by atoms with Crippen molar-refractivity contribution in [3.05, 3.63) is 29.8 Å². The van der Waals surface area contributed by atoms with Gasteiger partial charge in [-0.3, -0.25) is 4.79 Å². The molecule has 0 radical (unpaired) electrons. The summed E-state index contributed by atoms with van der Waals surface area (Å²) in [4.78, 5) is 13.4. The fraction of sp³-hybridized carbons (Fsp3) is 0.533. The van der Waals surface area contributed by atoms with E-state index in [0.29, 0.717) is 5.92 Å². The lowest BCUT2D eigenvalue weighted by atomic mass is 10.0. The van der Waals surface area contributed by atoms with E-state index in [1.54, 1.807) is 0 Å². The van der Waals surface area contributed by atoms with Crippen molar-refractivity contribution >= 4 is 17.7 Å². The molecule has 19 heavy (non-hydrogen) atoms. The van der Waals surface area contributed by atoms with Crippen molar-refractivity contribution in [2.24, 2.45) is 11.7 Å². The average Bonchev–Trinajstić information content (AvgIpc) is 2.38. The molecule has 0 aliphatic carbocycles. The summed E-state index contributed by atoms with van der Waals surface area (Å²) in [5.41, 5.74) is 7.16. The Balaban J connectivity index is 2.02. The molecule has 104 valence electrons. The second kappa shape index (κ2) is 6.44. The van der Waals surface area contributed by atoms with Gasteiger partial charge in [-0.1, -0.05) is 32.0 Å². The zero-order valence-corrected chi connectivity index (χ0v) is 12.4. The summed E-state index contributed by atoms with van der Waals surface area (Å²) in [6, 6.07) is 8.00. The number of fused-ring (bicyclic) bond motifs is 1. The van der Waals surface area contributed by atoms with Gasteiger partial charge in [-0.2, -0.15) is 0 Å². The summed E-state index contributed by atoms with van der Waals surface area (Å²) in [5, 5.41) is 3.10. The molecule has 0 saturated carbocycles. The van der Waals surface area contributed by atoms with Crippen molar-refractivity contribution in [2.45, 2.75) is 43.7 Å². The first-order valence-corrected chi connectivity index (χ1v) is 7.84. The van der Waals surface area contributed by atoms with Crippen molar-refractivity contribution < 1.29 is 4.79 Å². The summed E-state index contributed by atoms with van der Waals surface area (Å²) < 4.78 is 0. The molecule has 1 amide bonds. The van der Waals surface area contributed by atoms with E-state index in [4.69, 9.17) is 5.73 Å². The standard InChI is InChI=1S/C15H22N2OS/c1-10(2)9-12(16)15(18)17-13-7-8-19-14-6-4-3-5-11(13)14/h3-6,10,12-13H,7-9,16H2,1-2H3,(H,17,18)/t12-,13?/m0/s1. The maximum Gasteiger partial charge on any atom is 0.237 e. The maximum atomic E-state index is 12.1. The summed E-state index contributed by atoms with van der Waals surface area (Å²) in [7, 11) is 0. The van der Waals surface area contributed by atoms with E-state index in [1.807, 2.05) is 23.9 Å². The third-order valence-electron chi connectivity index (χ3n) is 3.34. The first-order chi connectivity index (χ1) is 9.08. The smallest absolute Gasteiger partial charge is 0.237 e. The van der Waals surface area contributed by atoms with Crippen LogP contribution in [0.5, 0.6) is 0 Å². The van der Waals surface area contributed by atoms with Crippen molar-refractivity contribution in [1.29, 1.82) is 0 Å². The number of hydrogen-bond donors (Lipinski definition) is 2. The number of amides is 1. The monoisotopic (exact) mass is 278 g/mol. The van der Waals surface area contributed by atoms with Crippen molar-refractivity contribution in [1.82, 2.24) is 5.32 Å². The second-order valence-electron chi connectivity index (χ2n) is 5.47. The number of rotatable bonds is 4. The van der Waals surface area contributed by atoms with Crippen molar-refractivity contribution in [3.63, 3.8) is 0 Å². The Bertz CT molecular complexity index is 448. The van der Waals surface area contributed by atoms with Crippen LogP contribution in [0.25, 0.3) is 0 Å². The Morgan fingerprint density at radius 3 is 2.95 bits per heavy atom. The number of thioether (sulfide) groups is 1. The Hall–Kier alpha value is -1.00. The van der Waals surface area contributed by atoms with Crippen molar-refractivity contribution in [2.75, 3.05) is 5.75 Å². The molecule has 1 aliphatic heterocycles. The van der Waals surface area contributed by atoms with Crippen molar-refractivity contribution in [3.8, 4) is 0 Å². The largest absolute Gasteiger partial charge is 0.348 e. The second-order valence-corrected chi connectivity index (χ2v) is 6.61. The number of carbonyl (C=O) groups is 1. The van der Waals surface area contributed by atoms with E-state index in [1.165, 1.54) is 10.5 Å². The summed E-state index contributed by atoms with van der Waals surface area (Å²) in [6.07, 6.45) is 1.71. The molecular weight excluding hydrogens is 256 g/mol. The predicted molar refractivity (Wildman–Crippen MR) is 80.1 cm³/mol. The van der Waals surface area contributed by atoms with Gasteiger partial charge in [0.25, 0.3) is 0 Å². The van der Waals surface area contributed by atoms with Crippen LogP contribution in [0.1, 0.15) is 38.3 Å². The van der Waals surface area contributed by atoms with Gasteiger partial charge in [-0.05, 0) is 30.4 Å². The summed E-state index contributed by atoms with van der Waals surface area (Å²) in [6.45, 7) is 4.17. The minimum Gasteiger partial charge on any atom is -0.348 e. The molecule has 1 unspecified atom stereocenters. The Morgan fingerprint density at radius 2 is 2.21 bits per heavy atom. The van der Waals surface area contributed by atoms with Crippen LogP contribution in [-0.2, 0) is 4.79 Å². The average molecular weight is 278 g/mol. The molecule has 3 N–H and O–H groups in total. The highest BCUT2D eigenvalue weighted by atomic mass is 32.2. The Kier molecular flexibility index (Phi) is 4.88. The quantitative estimate of drug-likeness (QED) is 0.890. The van der Waals surface area contributed by atoms with Crippen LogP contribution in [0.4, 0.5) is 0 Å². The maximum absolute atomic E-state index is 12.1. The van der Waals surface area contributed by atoms with Crippen LogP contribution in [0.15, 0.2) is 29.2 Å². The van der Waals surface area contributed by atoms with Gasteiger partial charge in [-0.15, -0.1) is 11.8 Å². The van der Waals surface area contributed by atoms with Crippen LogP contribution in [0.2, 0.25) is 0 Å². The molecule has 0 aromatic heterocycles. The molecule has 2 rings (SSSR count). The van der Waals surface area contributed by atoms with Gasteiger partial charge >= 0.3 is 0 Å². The first kappa shape index (κ1) is 14.4. The van der Waals surface area contributed by atoms with E-state index < -0.39 is 6.04 Å². The third kappa shape index (κ3) is 3.74. The van der Waals surface area contributed by atoms with Gasteiger partial charge in [0.2, 0.25) is 5.91 Å². The highest BCUT2D eigenvalue weighted by Crippen LogP contribution is 2.35. The van der Waals surface area contributed by atoms with Crippen LogP contribution in [0, 0.1) is 5.92 Å². The van der Waals surface area contributed by atoms with Gasteiger partial charge in [0.15, 0.2) is 0 Å². The Morgan fingerprint density at radius 1 is 1.47 bits per heavy atom. The van der Waals surface area contributed by atoms with Gasteiger partial charge in [0.1, 0.15) is 0 Å². The predicted octanol–water partition coefficient (Wildman–Crippen LogP) is 2.71. The molecule has 0 saturated heterocycles. The van der Waals surface area contributed by atoms with Crippen LogP contribution >= 0.6 is 11.8 Å². The molecule has 4 heteroatoms. The lowest BCUT2D eigenvalue weighted by molar-refractivity contribution is -0.123. The molecule has 1 aromatic rings. The van der Waals surface area contributed by atoms with Crippen LogP contribution in [-0.4, -0.2) is 17.7 Å². The fourth-order valence-electron chi connectivity index (χ4n) is 2.39. The number of nitrogens with one attached hydrogen (secondary N) is 1. The SMILES string of the molecule is CC(C)C[C@H](N)C(=O)NC1CCSc2ccccc21. The molecule has 0 spiro atoms. The number of carbonyl (C=O) groups excluding carboxylic acids is 1. The van der Waals surface area contributed by atoms with E-state index in [0.717, 1.165) is 18.6 Å². The summed E-state index contributed by atoms with van der Waals surface area (Å²) in [5.74, 6) is 1.46. The highest BCUT2D eigenvalue weighted by Gasteiger charge is 2.24. The molecule has 2 atom stereocenters. The normalized spacial score (nSPS) is 19.9. The van der Waals surface area contributed by atoms with E-state index in [2.05, 4.69) is 31.3 Å². The molecule has 0 fully saturated rings. The molecule has 1 aromatic carbocycles. The third-order valence-corrected chi connectivity index (χ3v) is 4.46. The van der Waals surface area contributed by atoms with Gasteiger partial charge in [-0.25, -0.2) is 0 Å². The van der Waals surface area contributed by atoms with Gasteiger partial charge in [0, 0.05) is 10.6 Å².